The summed E-state index contributed by atoms with van der Waals surface area (Å²) in [5.41, 5.74) is 0.711. The number of aliphatic hydroxyl groups is 1. The highest BCUT2D eigenvalue weighted by Gasteiger charge is 2.05. The van der Waals surface area contributed by atoms with Crippen molar-refractivity contribution in [1.29, 1.82) is 0 Å². The van der Waals surface area contributed by atoms with Crippen LogP contribution in [0.4, 0.5) is 0 Å². The predicted molar refractivity (Wildman–Crippen MR) is 115 cm³/mol. The Morgan fingerprint density at radius 1 is 1.11 bits per heavy atom. The van der Waals surface area contributed by atoms with E-state index in [2.05, 4.69) is 25.2 Å². The summed E-state index contributed by atoms with van der Waals surface area (Å²) in [5.74, 6) is -0.188. The Kier molecular flexibility index (Phi) is 13.0. The van der Waals surface area contributed by atoms with Gasteiger partial charge in [-0.05, 0) is 43.4 Å². The molecule has 152 valence electrons. The van der Waals surface area contributed by atoms with Crippen LogP contribution in [-0.2, 0) is 11.2 Å². The highest BCUT2D eigenvalue weighted by atomic mass is 16.5. The highest BCUT2D eigenvalue weighted by molar-refractivity contribution is 5.70. The average Bonchev–Trinajstić information content (AvgIpc) is 2.67. The van der Waals surface area contributed by atoms with Crippen molar-refractivity contribution in [2.75, 3.05) is 13.2 Å². The zero-order valence-corrected chi connectivity index (χ0v) is 16.7. The lowest BCUT2D eigenvalue weighted by Gasteiger charge is -2.11. The third-order valence-electron chi connectivity index (χ3n) is 4.00. The van der Waals surface area contributed by atoms with E-state index in [0.29, 0.717) is 24.3 Å². The van der Waals surface area contributed by atoms with Gasteiger partial charge in [-0.3, -0.25) is 4.79 Å². The maximum absolute atomic E-state index is 10.8. The average molecular weight is 385 g/mol. The second kappa shape index (κ2) is 15.5. The topological polar surface area (TPSA) is 66.8 Å². The maximum atomic E-state index is 10.8. The minimum Gasteiger partial charge on any atom is -0.494 e. The molecular weight excluding hydrogens is 352 g/mol. The van der Waals surface area contributed by atoms with Crippen LogP contribution in [0.1, 0.15) is 38.2 Å². The first-order chi connectivity index (χ1) is 13.7. The lowest BCUT2D eigenvalue weighted by molar-refractivity contribution is -0.136. The Labute approximate surface area is 168 Å². The van der Waals surface area contributed by atoms with Crippen molar-refractivity contribution in [1.82, 2.24) is 0 Å². The van der Waals surface area contributed by atoms with Gasteiger partial charge in [0.05, 0.1) is 13.0 Å². The first kappa shape index (κ1) is 23.4. The van der Waals surface area contributed by atoms with Gasteiger partial charge >= 0.3 is 5.97 Å². The molecule has 0 unspecified atom stereocenters. The number of allylic oxidation sites excluding steroid dienone is 7. The number of carbonyl (C=O) groups is 1. The van der Waals surface area contributed by atoms with Crippen molar-refractivity contribution >= 4 is 5.97 Å². The van der Waals surface area contributed by atoms with Gasteiger partial charge < -0.3 is 14.9 Å². The van der Waals surface area contributed by atoms with Gasteiger partial charge in [0.1, 0.15) is 5.75 Å². The molecule has 1 aromatic carbocycles. The smallest absolute Gasteiger partial charge is 0.307 e. The van der Waals surface area contributed by atoms with Crippen LogP contribution in [0.15, 0.2) is 72.9 Å². The van der Waals surface area contributed by atoms with Gasteiger partial charge in [-0.15, -0.1) is 0 Å². The molecule has 0 heterocycles. The number of aliphatic hydroxyl groups excluding tert-OH is 1. The number of carboxylic acid groups (broad SMARTS) is 1. The zero-order valence-electron chi connectivity index (χ0n) is 16.7. The van der Waals surface area contributed by atoms with Crippen LogP contribution >= 0.6 is 0 Å². The van der Waals surface area contributed by atoms with Crippen LogP contribution in [0.5, 0.6) is 5.75 Å². The number of hydrogen-bond donors (Lipinski definition) is 2. The molecule has 1 atom stereocenters. The summed E-state index contributed by atoms with van der Waals surface area (Å²) in [6.45, 7) is 2.65. The minimum atomic E-state index is -0.862. The third kappa shape index (κ3) is 11.9. The van der Waals surface area contributed by atoms with E-state index in [1.165, 1.54) is 0 Å². The minimum absolute atomic E-state index is 0.0184. The molecule has 4 nitrogen and oxygen atoms in total. The molecule has 0 aliphatic carbocycles. The van der Waals surface area contributed by atoms with E-state index >= 15 is 0 Å². The summed E-state index contributed by atoms with van der Waals surface area (Å²) in [6, 6.07) is 7.10. The monoisotopic (exact) mass is 384 g/mol. The standard InChI is InChI=1S/C24H32O4/c1-2-3-4-5-6-7-8-9-10-11-13-21(20-25)16-17-28-23-15-12-14-22(18-23)19-24(26)27/h3-4,7-15,18,21,25H,2,5-6,16-17,19-20H2,1H3,(H,26,27)/b4-3-,8-7+,10-9-,13-11+/t21-/m1/s1. The van der Waals surface area contributed by atoms with Crippen molar-refractivity contribution in [3.05, 3.63) is 78.4 Å². The largest absolute Gasteiger partial charge is 0.494 e. The first-order valence-electron chi connectivity index (χ1n) is 9.85. The molecule has 2 N–H and O–H groups in total. The fraction of sp³-hybridized carbons (Fsp3) is 0.375. The van der Waals surface area contributed by atoms with Gasteiger partial charge in [-0.2, -0.15) is 0 Å². The molecule has 1 aromatic rings. The molecule has 1 rings (SSSR count). The van der Waals surface area contributed by atoms with Gasteiger partial charge in [0, 0.05) is 12.5 Å². The Balaban J connectivity index is 2.31. The molecule has 0 fully saturated rings. The number of ether oxygens (including phenoxy) is 1. The molecule has 0 amide bonds. The van der Waals surface area contributed by atoms with Gasteiger partial charge in [-0.1, -0.05) is 67.7 Å². The third-order valence-corrected chi connectivity index (χ3v) is 4.00. The maximum Gasteiger partial charge on any atom is 0.307 e. The Morgan fingerprint density at radius 3 is 2.64 bits per heavy atom. The van der Waals surface area contributed by atoms with E-state index in [4.69, 9.17) is 9.84 Å². The molecule has 28 heavy (non-hydrogen) atoms. The SMILES string of the molecule is CC/C=C\CC/C=C/C=C\C=C\[C@@H](CO)CCOc1cccc(CC(=O)O)c1. The normalized spacial score (nSPS) is 13.2. The number of benzene rings is 1. The van der Waals surface area contributed by atoms with Crippen molar-refractivity contribution in [2.45, 2.75) is 39.0 Å². The second-order valence-electron chi connectivity index (χ2n) is 6.45. The lowest BCUT2D eigenvalue weighted by atomic mass is 10.1. The van der Waals surface area contributed by atoms with E-state index in [1.54, 1.807) is 18.2 Å². The highest BCUT2D eigenvalue weighted by Crippen LogP contribution is 2.15. The van der Waals surface area contributed by atoms with Crippen LogP contribution in [0.25, 0.3) is 0 Å². The number of unbranched alkanes of at least 4 members (excludes halogenated alkanes) is 1. The second-order valence-corrected chi connectivity index (χ2v) is 6.45. The molecule has 0 aliphatic heterocycles. The van der Waals surface area contributed by atoms with Crippen LogP contribution in [0, 0.1) is 5.92 Å². The summed E-state index contributed by atoms with van der Waals surface area (Å²) in [6.07, 6.45) is 20.3. The van der Waals surface area contributed by atoms with Gasteiger partial charge in [0.2, 0.25) is 0 Å². The predicted octanol–water partition coefficient (Wildman–Crippen LogP) is 5.11. The fourth-order valence-corrected chi connectivity index (χ4v) is 2.50. The van der Waals surface area contributed by atoms with Crippen LogP contribution in [-0.4, -0.2) is 29.4 Å². The van der Waals surface area contributed by atoms with E-state index < -0.39 is 5.97 Å². The molecular formula is C24H32O4. The zero-order chi connectivity index (χ0) is 20.5. The summed E-state index contributed by atoms with van der Waals surface area (Å²) in [5, 5.41) is 18.3. The summed E-state index contributed by atoms with van der Waals surface area (Å²) in [7, 11) is 0. The number of carboxylic acids is 1. The van der Waals surface area contributed by atoms with E-state index in [9.17, 15) is 9.90 Å². The number of hydrogen-bond acceptors (Lipinski definition) is 3. The fourth-order valence-electron chi connectivity index (χ4n) is 2.50. The first-order valence-corrected chi connectivity index (χ1v) is 9.85. The van der Waals surface area contributed by atoms with Crippen molar-refractivity contribution in [2.24, 2.45) is 5.92 Å². The Hall–Kier alpha value is -2.59. The quantitative estimate of drug-likeness (QED) is 0.266. The molecule has 0 saturated heterocycles. The molecule has 0 bridgehead atoms. The molecule has 4 heteroatoms. The molecule has 0 radical (unpaired) electrons. The van der Waals surface area contributed by atoms with E-state index in [-0.39, 0.29) is 18.9 Å². The summed E-state index contributed by atoms with van der Waals surface area (Å²) < 4.78 is 5.69. The van der Waals surface area contributed by atoms with Crippen LogP contribution in [0.3, 0.4) is 0 Å². The molecule has 0 spiro atoms. The van der Waals surface area contributed by atoms with E-state index in [0.717, 1.165) is 19.3 Å². The summed E-state index contributed by atoms with van der Waals surface area (Å²) in [4.78, 5) is 10.8. The van der Waals surface area contributed by atoms with Crippen LogP contribution < -0.4 is 4.74 Å². The van der Waals surface area contributed by atoms with E-state index in [1.807, 2.05) is 36.4 Å². The Bertz CT molecular complexity index is 671. The molecule has 0 saturated carbocycles. The molecule has 0 aromatic heterocycles. The van der Waals surface area contributed by atoms with Gasteiger partial charge in [-0.25, -0.2) is 0 Å². The summed E-state index contributed by atoms with van der Waals surface area (Å²) >= 11 is 0. The van der Waals surface area contributed by atoms with Crippen molar-refractivity contribution < 1.29 is 19.7 Å². The van der Waals surface area contributed by atoms with Crippen LogP contribution in [0.2, 0.25) is 0 Å². The lowest BCUT2D eigenvalue weighted by Crippen LogP contribution is -2.09. The number of rotatable bonds is 14. The van der Waals surface area contributed by atoms with Gasteiger partial charge in [0.15, 0.2) is 0 Å². The van der Waals surface area contributed by atoms with Crippen molar-refractivity contribution in [3.8, 4) is 5.75 Å². The number of aliphatic carboxylic acids is 1. The van der Waals surface area contributed by atoms with Crippen molar-refractivity contribution in [3.63, 3.8) is 0 Å². The molecule has 0 aliphatic rings. The van der Waals surface area contributed by atoms with Gasteiger partial charge in [0.25, 0.3) is 0 Å². The Morgan fingerprint density at radius 2 is 1.89 bits per heavy atom.